The summed E-state index contributed by atoms with van der Waals surface area (Å²) in [5.41, 5.74) is 1.35. The summed E-state index contributed by atoms with van der Waals surface area (Å²) in [5.74, 6) is 0. The van der Waals surface area contributed by atoms with Gasteiger partial charge in [0.15, 0.2) is 0 Å². The molecule has 0 atom stereocenters. The first-order valence-corrected chi connectivity index (χ1v) is 5.21. The van der Waals surface area contributed by atoms with Gasteiger partial charge in [0.25, 0.3) is 0 Å². The molecule has 0 fully saturated rings. The zero-order chi connectivity index (χ0) is 10.2. The van der Waals surface area contributed by atoms with E-state index in [1.165, 1.54) is 5.56 Å². The first kappa shape index (κ1) is 11.3. The number of aromatic nitrogens is 1. The van der Waals surface area contributed by atoms with Crippen molar-refractivity contribution in [1.29, 1.82) is 0 Å². The van der Waals surface area contributed by atoms with E-state index in [2.05, 4.69) is 35.3 Å². The van der Waals surface area contributed by atoms with E-state index in [9.17, 15) is 0 Å². The van der Waals surface area contributed by atoms with Crippen molar-refractivity contribution in [3.63, 3.8) is 0 Å². The minimum atomic E-state index is 0.836. The van der Waals surface area contributed by atoms with Crippen LogP contribution in [-0.2, 0) is 17.8 Å². The van der Waals surface area contributed by atoms with Crippen LogP contribution >= 0.6 is 0 Å². The zero-order valence-corrected chi connectivity index (χ0v) is 9.12. The number of nitrogens with one attached hydrogen (secondary N) is 1. The van der Waals surface area contributed by atoms with Crippen molar-refractivity contribution in [2.24, 2.45) is 0 Å². The van der Waals surface area contributed by atoms with E-state index < -0.39 is 0 Å². The molecule has 0 saturated heterocycles. The maximum atomic E-state index is 4.97. The fraction of sp³-hybridized carbons (Fsp3) is 0.636. The van der Waals surface area contributed by atoms with Gasteiger partial charge in [-0.05, 0) is 31.5 Å². The summed E-state index contributed by atoms with van der Waals surface area (Å²) >= 11 is 0. The Labute approximate surface area is 86.1 Å². The number of hydrogen-bond donors (Lipinski definition) is 1. The first-order valence-electron chi connectivity index (χ1n) is 5.21. The van der Waals surface area contributed by atoms with E-state index in [0.717, 1.165) is 32.7 Å². The molecule has 3 nitrogen and oxygen atoms in total. The second-order valence-corrected chi connectivity index (χ2v) is 3.37. The van der Waals surface area contributed by atoms with E-state index >= 15 is 0 Å². The molecule has 0 bridgehead atoms. The summed E-state index contributed by atoms with van der Waals surface area (Å²) in [6, 6.07) is 2.16. The van der Waals surface area contributed by atoms with Crippen molar-refractivity contribution >= 4 is 0 Å². The minimum absolute atomic E-state index is 0.836. The van der Waals surface area contributed by atoms with Gasteiger partial charge in [-0.15, -0.1) is 0 Å². The maximum absolute atomic E-state index is 4.97. The van der Waals surface area contributed by atoms with Crippen LogP contribution < -0.4 is 5.32 Å². The van der Waals surface area contributed by atoms with Gasteiger partial charge in [0.2, 0.25) is 0 Å². The standard InChI is InChI=1S/C11H20N2O/c1-3-13-7-5-11(10-13)9-12-6-4-8-14-2/h5,7,10,12H,3-4,6,8-9H2,1-2H3. The van der Waals surface area contributed by atoms with E-state index in [4.69, 9.17) is 4.74 Å². The molecular weight excluding hydrogens is 176 g/mol. The number of aryl methyl sites for hydroxylation is 1. The molecule has 14 heavy (non-hydrogen) atoms. The molecule has 0 amide bonds. The molecule has 0 unspecified atom stereocenters. The highest BCUT2D eigenvalue weighted by Crippen LogP contribution is 2.00. The lowest BCUT2D eigenvalue weighted by atomic mass is 10.3. The SMILES string of the molecule is CCn1ccc(CNCCCOC)c1. The highest BCUT2D eigenvalue weighted by molar-refractivity contribution is 5.09. The van der Waals surface area contributed by atoms with Crippen LogP contribution in [0.5, 0.6) is 0 Å². The molecule has 80 valence electrons. The number of rotatable bonds is 7. The number of ether oxygens (including phenoxy) is 1. The summed E-state index contributed by atoms with van der Waals surface area (Å²) < 4.78 is 7.16. The largest absolute Gasteiger partial charge is 0.385 e. The number of nitrogens with zero attached hydrogens (tertiary/aromatic N) is 1. The van der Waals surface area contributed by atoms with E-state index in [1.54, 1.807) is 7.11 Å². The quantitative estimate of drug-likeness (QED) is 0.671. The Morgan fingerprint density at radius 1 is 1.50 bits per heavy atom. The van der Waals surface area contributed by atoms with Crippen LogP contribution in [0, 0.1) is 0 Å². The molecule has 0 aliphatic carbocycles. The fourth-order valence-electron chi connectivity index (χ4n) is 1.37. The summed E-state index contributed by atoms with van der Waals surface area (Å²) in [6.45, 7) is 6.00. The second-order valence-electron chi connectivity index (χ2n) is 3.37. The Bertz CT molecular complexity index is 245. The molecule has 3 heteroatoms. The van der Waals surface area contributed by atoms with Crippen molar-refractivity contribution < 1.29 is 4.74 Å². The molecule has 0 radical (unpaired) electrons. The summed E-state index contributed by atoms with van der Waals surface area (Å²) in [4.78, 5) is 0. The van der Waals surface area contributed by atoms with Crippen LogP contribution in [-0.4, -0.2) is 24.8 Å². The van der Waals surface area contributed by atoms with Gasteiger partial charge in [0.1, 0.15) is 0 Å². The Morgan fingerprint density at radius 2 is 2.36 bits per heavy atom. The van der Waals surface area contributed by atoms with Crippen LogP contribution in [0.25, 0.3) is 0 Å². The highest BCUT2D eigenvalue weighted by Gasteiger charge is 1.94. The van der Waals surface area contributed by atoms with Gasteiger partial charge in [0.05, 0.1) is 0 Å². The molecule has 0 aliphatic heterocycles. The Morgan fingerprint density at radius 3 is 3.00 bits per heavy atom. The van der Waals surface area contributed by atoms with Crippen LogP contribution in [0.2, 0.25) is 0 Å². The lowest BCUT2D eigenvalue weighted by Crippen LogP contribution is -2.15. The number of hydrogen-bond acceptors (Lipinski definition) is 2. The van der Waals surface area contributed by atoms with Gasteiger partial charge >= 0.3 is 0 Å². The third kappa shape index (κ3) is 3.94. The minimum Gasteiger partial charge on any atom is -0.385 e. The van der Waals surface area contributed by atoms with Crippen LogP contribution in [0.3, 0.4) is 0 Å². The molecule has 0 aliphatic rings. The first-order chi connectivity index (χ1) is 6.86. The van der Waals surface area contributed by atoms with Crippen molar-refractivity contribution in [3.8, 4) is 0 Å². The van der Waals surface area contributed by atoms with E-state index in [-0.39, 0.29) is 0 Å². The normalized spacial score (nSPS) is 10.7. The van der Waals surface area contributed by atoms with Crippen LogP contribution in [0.15, 0.2) is 18.5 Å². The molecule has 1 N–H and O–H groups in total. The van der Waals surface area contributed by atoms with Crippen LogP contribution in [0.4, 0.5) is 0 Å². The average molecular weight is 196 g/mol. The Kier molecular flexibility index (Phi) is 5.33. The van der Waals surface area contributed by atoms with Gasteiger partial charge in [-0.2, -0.15) is 0 Å². The molecule has 1 heterocycles. The monoisotopic (exact) mass is 196 g/mol. The lowest BCUT2D eigenvalue weighted by Gasteiger charge is -2.02. The molecular formula is C11H20N2O. The predicted octanol–water partition coefficient (Wildman–Crippen LogP) is 1.63. The lowest BCUT2D eigenvalue weighted by molar-refractivity contribution is 0.194. The molecule has 0 saturated carbocycles. The van der Waals surface area contributed by atoms with Crippen molar-refractivity contribution in [2.45, 2.75) is 26.4 Å². The summed E-state index contributed by atoms with van der Waals surface area (Å²) in [7, 11) is 1.74. The van der Waals surface area contributed by atoms with E-state index in [0.29, 0.717) is 0 Å². The van der Waals surface area contributed by atoms with Gasteiger partial charge < -0.3 is 14.6 Å². The molecule has 0 spiro atoms. The second kappa shape index (κ2) is 6.62. The van der Waals surface area contributed by atoms with E-state index in [1.807, 2.05) is 0 Å². The van der Waals surface area contributed by atoms with Crippen molar-refractivity contribution in [2.75, 3.05) is 20.3 Å². The third-order valence-electron chi connectivity index (χ3n) is 2.21. The highest BCUT2D eigenvalue weighted by atomic mass is 16.5. The smallest absolute Gasteiger partial charge is 0.0474 e. The fourth-order valence-corrected chi connectivity index (χ4v) is 1.37. The Balaban J connectivity index is 2.12. The third-order valence-corrected chi connectivity index (χ3v) is 2.21. The average Bonchev–Trinajstić information content (AvgIpc) is 2.65. The number of methoxy groups -OCH3 is 1. The maximum Gasteiger partial charge on any atom is 0.0474 e. The molecule has 1 rings (SSSR count). The van der Waals surface area contributed by atoms with Crippen molar-refractivity contribution in [3.05, 3.63) is 24.0 Å². The summed E-state index contributed by atoms with van der Waals surface area (Å²) in [6.07, 6.45) is 5.38. The van der Waals surface area contributed by atoms with Gasteiger partial charge in [-0.25, -0.2) is 0 Å². The van der Waals surface area contributed by atoms with Gasteiger partial charge in [0, 0.05) is 39.2 Å². The van der Waals surface area contributed by atoms with Gasteiger partial charge in [-0.3, -0.25) is 0 Å². The molecule has 1 aromatic heterocycles. The van der Waals surface area contributed by atoms with Gasteiger partial charge in [-0.1, -0.05) is 0 Å². The predicted molar refractivity (Wildman–Crippen MR) is 58.3 cm³/mol. The zero-order valence-electron chi connectivity index (χ0n) is 9.12. The van der Waals surface area contributed by atoms with Crippen molar-refractivity contribution in [1.82, 2.24) is 9.88 Å². The summed E-state index contributed by atoms with van der Waals surface area (Å²) in [5, 5.41) is 3.38. The molecule has 1 aromatic rings. The van der Waals surface area contributed by atoms with Crippen LogP contribution in [0.1, 0.15) is 18.9 Å². The molecule has 0 aromatic carbocycles. The topological polar surface area (TPSA) is 26.2 Å². The Hall–Kier alpha value is -0.800.